The molecule has 0 saturated carbocycles. The van der Waals surface area contributed by atoms with Crippen molar-refractivity contribution >= 4 is 11.9 Å². The summed E-state index contributed by atoms with van der Waals surface area (Å²) in [6, 6.07) is 1.82. The van der Waals surface area contributed by atoms with Crippen LogP contribution in [-0.4, -0.2) is 60.2 Å². The molecular weight excluding hydrogens is 286 g/mol. The first-order valence-corrected chi connectivity index (χ1v) is 7.14. The predicted octanol–water partition coefficient (Wildman–Crippen LogP) is 0.645. The maximum atomic E-state index is 9.63. The third-order valence-corrected chi connectivity index (χ3v) is 2.77. The number of hydrogen-bond acceptors (Lipinski definition) is 8. The summed E-state index contributed by atoms with van der Waals surface area (Å²) in [4.78, 5) is 15.1. The molecule has 0 aromatic carbocycles. The van der Waals surface area contributed by atoms with E-state index in [1.54, 1.807) is 25.1 Å². The molecule has 0 aliphatic rings. The molecule has 0 fully saturated rings. The fourth-order valence-corrected chi connectivity index (χ4v) is 1.69. The lowest BCUT2D eigenvalue weighted by atomic mass is 10.3. The summed E-state index contributed by atoms with van der Waals surface area (Å²) < 4.78 is 5.09. The molecule has 8 nitrogen and oxygen atoms in total. The van der Waals surface area contributed by atoms with Crippen LogP contribution >= 0.6 is 0 Å². The fourth-order valence-electron chi connectivity index (χ4n) is 1.69. The zero-order valence-corrected chi connectivity index (χ0v) is 13.5. The van der Waals surface area contributed by atoms with Crippen LogP contribution in [0.3, 0.4) is 0 Å². The van der Waals surface area contributed by atoms with Gasteiger partial charge in [-0.25, -0.2) is 9.97 Å². The van der Waals surface area contributed by atoms with E-state index < -0.39 is 6.41 Å². The summed E-state index contributed by atoms with van der Waals surface area (Å²) in [5.41, 5.74) is 3.35. The Morgan fingerprint density at radius 2 is 2.27 bits per heavy atom. The molecule has 0 amide bonds. The van der Waals surface area contributed by atoms with Gasteiger partial charge < -0.3 is 20.0 Å². The Balaban J connectivity index is 2.48. The van der Waals surface area contributed by atoms with Gasteiger partial charge >= 0.3 is 0 Å². The van der Waals surface area contributed by atoms with Gasteiger partial charge in [0, 0.05) is 38.9 Å². The van der Waals surface area contributed by atoms with Crippen LogP contribution in [-0.2, 0) is 9.57 Å². The highest BCUT2D eigenvalue weighted by Gasteiger charge is 2.09. The molecule has 1 rings (SSSR count). The van der Waals surface area contributed by atoms with Crippen molar-refractivity contribution in [2.45, 2.75) is 20.3 Å². The van der Waals surface area contributed by atoms with Gasteiger partial charge in [0.1, 0.15) is 17.9 Å². The Labute approximate surface area is 131 Å². The molecule has 3 N–H and O–H groups in total. The van der Waals surface area contributed by atoms with E-state index in [0.29, 0.717) is 31.3 Å². The summed E-state index contributed by atoms with van der Waals surface area (Å²) in [6.45, 7) is 5.36. The van der Waals surface area contributed by atoms with Gasteiger partial charge in [-0.15, -0.1) is 0 Å². The lowest BCUT2D eigenvalue weighted by molar-refractivity contribution is -0.180. The molecule has 0 spiro atoms. The van der Waals surface area contributed by atoms with Gasteiger partial charge in [0.2, 0.25) is 6.41 Å². The van der Waals surface area contributed by atoms with Crippen molar-refractivity contribution < 1.29 is 14.7 Å². The normalized spacial score (nSPS) is 13.3. The van der Waals surface area contributed by atoms with Crippen LogP contribution in [0.15, 0.2) is 18.2 Å². The molecule has 1 aromatic rings. The fraction of sp³-hybridized carbons (Fsp3) is 0.571. The zero-order chi connectivity index (χ0) is 16.4. The molecule has 1 heterocycles. The summed E-state index contributed by atoms with van der Waals surface area (Å²) in [5, 5.41) is 12.8. The van der Waals surface area contributed by atoms with E-state index in [1.165, 1.54) is 6.33 Å². The van der Waals surface area contributed by atoms with Crippen molar-refractivity contribution in [1.29, 1.82) is 0 Å². The van der Waals surface area contributed by atoms with Gasteiger partial charge in [-0.05, 0) is 20.9 Å². The number of rotatable bonds is 10. The highest BCUT2D eigenvalue weighted by Crippen LogP contribution is 2.08. The van der Waals surface area contributed by atoms with Gasteiger partial charge in [0.25, 0.3) is 0 Å². The molecule has 1 unspecified atom stereocenters. The lowest BCUT2D eigenvalue weighted by Crippen LogP contribution is -2.37. The Bertz CT molecular complexity index is 470. The van der Waals surface area contributed by atoms with Crippen molar-refractivity contribution in [2.24, 2.45) is 0 Å². The number of likely N-dealkylation sites (N-methyl/N-ethyl adjacent to an activating group) is 1. The Kier molecular flexibility index (Phi) is 8.38. The van der Waals surface area contributed by atoms with Crippen LogP contribution in [0.1, 0.15) is 19.5 Å². The monoisotopic (exact) mass is 311 g/mol. The second-order valence-electron chi connectivity index (χ2n) is 4.58. The third-order valence-electron chi connectivity index (χ3n) is 2.77. The highest BCUT2D eigenvalue weighted by atomic mass is 16.6. The van der Waals surface area contributed by atoms with Gasteiger partial charge in [-0.1, -0.05) is 0 Å². The SMILES string of the molecule is CCOC(O)N(C)CCNc1cc(/C=C(\C)ONC)ncn1. The highest BCUT2D eigenvalue weighted by molar-refractivity contribution is 5.51. The molecule has 0 saturated heterocycles. The quantitative estimate of drug-likeness (QED) is 0.329. The van der Waals surface area contributed by atoms with Gasteiger partial charge in [0.15, 0.2) is 0 Å². The summed E-state index contributed by atoms with van der Waals surface area (Å²) in [5.74, 6) is 1.41. The van der Waals surface area contributed by atoms with Crippen molar-refractivity contribution in [3.63, 3.8) is 0 Å². The van der Waals surface area contributed by atoms with Crippen LogP contribution in [0.25, 0.3) is 6.08 Å². The Hall–Kier alpha value is -1.74. The van der Waals surface area contributed by atoms with E-state index in [1.807, 2.05) is 19.9 Å². The molecule has 0 radical (unpaired) electrons. The molecule has 8 heteroatoms. The summed E-state index contributed by atoms with van der Waals surface area (Å²) >= 11 is 0. The number of anilines is 1. The van der Waals surface area contributed by atoms with Crippen LogP contribution in [0, 0.1) is 0 Å². The van der Waals surface area contributed by atoms with Crippen molar-refractivity contribution in [3.8, 4) is 0 Å². The molecule has 0 aliphatic heterocycles. The third kappa shape index (κ3) is 6.81. The molecular formula is C14H25N5O3. The number of allylic oxidation sites excluding steroid dienone is 1. The summed E-state index contributed by atoms with van der Waals surface area (Å²) in [7, 11) is 3.48. The number of aromatic nitrogens is 2. The maximum Gasteiger partial charge on any atom is 0.215 e. The first-order chi connectivity index (χ1) is 10.6. The van der Waals surface area contributed by atoms with Crippen molar-refractivity contribution in [2.75, 3.05) is 39.1 Å². The number of ether oxygens (including phenoxy) is 1. The molecule has 1 atom stereocenters. The van der Waals surface area contributed by atoms with Crippen LogP contribution in [0.2, 0.25) is 0 Å². The van der Waals surface area contributed by atoms with Crippen LogP contribution in [0.4, 0.5) is 5.82 Å². The minimum Gasteiger partial charge on any atom is -0.414 e. The molecule has 124 valence electrons. The molecule has 0 aliphatic carbocycles. The lowest BCUT2D eigenvalue weighted by Gasteiger charge is -2.22. The second-order valence-corrected chi connectivity index (χ2v) is 4.58. The van der Waals surface area contributed by atoms with E-state index >= 15 is 0 Å². The van der Waals surface area contributed by atoms with Crippen molar-refractivity contribution in [1.82, 2.24) is 20.3 Å². The number of aliphatic hydroxyl groups is 1. The Morgan fingerprint density at radius 3 is 2.95 bits per heavy atom. The molecule has 22 heavy (non-hydrogen) atoms. The van der Waals surface area contributed by atoms with E-state index in [4.69, 9.17) is 9.57 Å². The number of hydroxylamine groups is 1. The largest absolute Gasteiger partial charge is 0.414 e. The summed E-state index contributed by atoms with van der Waals surface area (Å²) in [6.07, 6.45) is 2.39. The number of hydrogen-bond donors (Lipinski definition) is 3. The second kappa shape index (κ2) is 10.1. The van der Waals surface area contributed by atoms with Gasteiger partial charge in [0.05, 0.1) is 5.69 Å². The van der Waals surface area contributed by atoms with Gasteiger partial charge in [-0.2, -0.15) is 5.48 Å². The van der Waals surface area contributed by atoms with E-state index in [9.17, 15) is 5.11 Å². The minimum atomic E-state index is -0.892. The van der Waals surface area contributed by atoms with Gasteiger partial charge in [-0.3, -0.25) is 4.90 Å². The number of nitrogens with zero attached hydrogens (tertiary/aromatic N) is 3. The van der Waals surface area contributed by atoms with Crippen molar-refractivity contribution in [3.05, 3.63) is 23.8 Å². The first-order valence-electron chi connectivity index (χ1n) is 7.14. The van der Waals surface area contributed by atoms with Crippen LogP contribution < -0.4 is 10.8 Å². The van der Waals surface area contributed by atoms with Crippen LogP contribution in [0.5, 0.6) is 0 Å². The van der Waals surface area contributed by atoms with E-state index in [-0.39, 0.29) is 0 Å². The smallest absolute Gasteiger partial charge is 0.215 e. The Morgan fingerprint density at radius 1 is 1.50 bits per heavy atom. The standard InChI is InChI=1S/C14H25N5O3/c1-5-21-14(20)19(4)7-6-16-13-9-12(17-10-18-13)8-11(2)22-15-3/h8-10,14-15,20H,5-7H2,1-4H3,(H,16,17,18)/b11-8+. The predicted molar refractivity (Wildman–Crippen MR) is 84.6 cm³/mol. The van der Waals surface area contributed by atoms with E-state index in [2.05, 4.69) is 20.8 Å². The first kappa shape index (κ1) is 18.3. The minimum absolute atomic E-state index is 0.467. The average Bonchev–Trinajstić information content (AvgIpc) is 2.48. The number of aliphatic hydroxyl groups excluding tert-OH is 1. The molecule has 1 aromatic heterocycles. The number of nitrogens with one attached hydrogen (secondary N) is 2. The molecule has 0 bridgehead atoms. The topological polar surface area (TPSA) is 91.8 Å². The maximum absolute atomic E-state index is 9.63. The average molecular weight is 311 g/mol. The zero-order valence-electron chi connectivity index (χ0n) is 13.5. The van der Waals surface area contributed by atoms with E-state index in [0.717, 1.165) is 5.69 Å².